The summed E-state index contributed by atoms with van der Waals surface area (Å²) in [6.07, 6.45) is 5.01. The molecule has 3 aliphatic rings. The summed E-state index contributed by atoms with van der Waals surface area (Å²) in [6, 6.07) is 0. The highest BCUT2D eigenvalue weighted by Gasteiger charge is 2.76. The van der Waals surface area contributed by atoms with E-state index in [0.717, 1.165) is 24.7 Å². The Kier molecular flexibility index (Phi) is 3.34. The summed E-state index contributed by atoms with van der Waals surface area (Å²) in [6.45, 7) is 11.3. The fourth-order valence-electron chi connectivity index (χ4n) is 5.65. The van der Waals surface area contributed by atoms with E-state index in [1.54, 1.807) is 0 Å². The largest absolute Gasteiger partial charge is 0.247 e. The van der Waals surface area contributed by atoms with Crippen LogP contribution in [0.25, 0.3) is 0 Å². The molecule has 1 spiro atoms. The van der Waals surface area contributed by atoms with Crippen LogP contribution >= 0.6 is 0 Å². The first-order valence-electron chi connectivity index (χ1n) is 7.64. The summed E-state index contributed by atoms with van der Waals surface area (Å²) in [5, 5.41) is 0. The van der Waals surface area contributed by atoms with E-state index in [9.17, 15) is 4.39 Å². The topological polar surface area (TPSA) is 0 Å². The summed E-state index contributed by atoms with van der Waals surface area (Å²) < 4.78 is 13.5. The van der Waals surface area contributed by atoms with E-state index < -0.39 is 6.17 Å². The molecular weight excluding hydrogens is 211 g/mol. The lowest BCUT2D eigenvalue weighted by Gasteiger charge is -2.40. The van der Waals surface area contributed by atoms with Crippen LogP contribution in [0, 0.1) is 28.6 Å². The molecule has 5 unspecified atom stereocenters. The Morgan fingerprint density at radius 3 is 2.35 bits per heavy atom. The van der Waals surface area contributed by atoms with Crippen molar-refractivity contribution in [3.63, 3.8) is 0 Å². The molecule has 0 N–H and O–H groups in total. The maximum Gasteiger partial charge on any atom is 0.100 e. The zero-order valence-corrected chi connectivity index (χ0v) is 12.2. The highest BCUT2D eigenvalue weighted by molar-refractivity contribution is 5.23. The molecule has 3 aliphatic carbocycles. The molecule has 3 saturated carbocycles. The van der Waals surface area contributed by atoms with Gasteiger partial charge in [-0.05, 0) is 54.3 Å². The molecule has 0 aromatic heterocycles. The summed E-state index contributed by atoms with van der Waals surface area (Å²) in [5.41, 5.74) is 1.06. The number of rotatable bonds is 0. The Morgan fingerprint density at radius 2 is 1.71 bits per heavy atom. The van der Waals surface area contributed by atoms with Gasteiger partial charge >= 0.3 is 0 Å². The van der Waals surface area contributed by atoms with Crippen molar-refractivity contribution in [1.29, 1.82) is 0 Å². The van der Waals surface area contributed by atoms with E-state index >= 15 is 0 Å². The highest BCUT2D eigenvalue weighted by Crippen LogP contribution is 2.81. The van der Waals surface area contributed by atoms with Gasteiger partial charge in [0.1, 0.15) is 6.17 Å². The zero-order chi connectivity index (χ0) is 12.8. The van der Waals surface area contributed by atoms with Gasteiger partial charge in [-0.15, -0.1) is 0 Å². The van der Waals surface area contributed by atoms with E-state index in [-0.39, 0.29) is 0 Å². The van der Waals surface area contributed by atoms with Crippen LogP contribution in [-0.4, -0.2) is 6.17 Å². The first-order valence-corrected chi connectivity index (χ1v) is 7.64. The van der Waals surface area contributed by atoms with Crippen molar-refractivity contribution < 1.29 is 4.39 Å². The third kappa shape index (κ3) is 1.60. The van der Waals surface area contributed by atoms with Crippen LogP contribution in [0.2, 0.25) is 0 Å². The van der Waals surface area contributed by atoms with Gasteiger partial charge in [0.25, 0.3) is 0 Å². The van der Waals surface area contributed by atoms with E-state index in [4.69, 9.17) is 0 Å². The Morgan fingerprint density at radius 1 is 1.06 bits per heavy atom. The lowest BCUT2D eigenvalue weighted by Crippen LogP contribution is -2.34. The maximum atomic E-state index is 13.5. The molecule has 0 aromatic rings. The lowest BCUT2D eigenvalue weighted by atomic mass is 9.65. The Hall–Kier alpha value is -0.0700. The van der Waals surface area contributed by atoms with Crippen molar-refractivity contribution in [3.05, 3.63) is 0 Å². The quantitative estimate of drug-likeness (QED) is 0.544. The van der Waals surface area contributed by atoms with E-state index in [1.807, 2.05) is 13.8 Å². The highest BCUT2D eigenvalue weighted by atomic mass is 19.1. The molecular formula is C16H29F. The monoisotopic (exact) mass is 240 g/mol. The Bertz CT molecular complexity index is 283. The van der Waals surface area contributed by atoms with E-state index in [0.29, 0.717) is 16.7 Å². The normalized spacial score (nSPS) is 50.5. The van der Waals surface area contributed by atoms with E-state index in [2.05, 4.69) is 20.8 Å². The minimum absolute atomic E-state index is 0.494. The van der Waals surface area contributed by atoms with Crippen LogP contribution in [0.4, 0.5) is 4.39 Å². The summed E-state index contributed by atoms with van der Waals surface area (Å²) in [4.78, 5) is 0. The molecule has 0 saturated heterocycles. The van der Waals surface area contributed by atoms with Gasteiger partial charge < -0.3 is 0 Å². The predicted molar refractivity (Wildman–Crippen MR) is 71.7 cm³/mol. The molecule has 3 fully saturated rings. The number of halogens is 1. The molecule has 0 heterocycles. The first-order chi connectivity index (χ1) is 8.00. The number of hydrogen-bond donors (Lipinski definition) is 0. The van der Waals surface area contributed by atoms with Gasteiger partial charge in [0.05, 0.1) is 0 Å². The van der Waals surface area contributed by atoms with E-state index in [1.165, 1.54) is 19.3 Å². The van der Waals surface area contributed by atoms with Gasteiger partial charge in [-0.2, -0.15) is 0 Å². The van der Waals surface area contributed by atoms with Gasteiger partial charge in [-0.3, -0.25) is 0 Å². The van der Waals surface area contributed by atoms with Crippen LogP contribution in [0.15, 0.2) is 0 Å². The van der Waals surface area contributed by atoms with Crippen LogP contribution in [0.1, 0.15) is 66.7 Å². The van der Waals surface area contributed by atoms with Crippen LogP contribution in [-0.2, 0) is 0 Å². The summed E-state index contributed by atoms with van der Waals surface area (Å²) in [7, 11) is 0. The molecule has 0 radical (unpaired) electrons. The lowest BCUT2D eigenvalue weighted by molar-refractivity contribution is 0.0592. The second-order valence-electron chi connectivity index (χ2n) is 6.86. The third-order valence-electron chi connectivity index (χ3n) is 6.13. The Balaban J connectivity index is 0.000000514. The molecule has 100 valence electrons. The summed E-state index contributed by atoms with van der Waals surface area (Å²) in [5.74, 6) is 2.49. The van der Waals surface area contributed by atoms with Crippen molar-refractivity contribution in [1.82, 2.24) is 0 Å². The SMILES string of the molecule is CC.CC1CCC2CC(F)CCC23C1C3(C)C. The minimum Gasteiger partial charge on any atom is -0.247 e. The smallest absolute Gasteiger partial charge is 0.100 e. The Labute approximate surface area is 106 Å². The van der Waals surface area contributed by atoms with Crippen LogP contribution in [0.3, 0.4) is 0 Å². The molecule has 0 bridgehead atoms. The van der Waals surface area contributed by atoms with Crippen molar-refractivity contribution in [3.8, 4) is 0 Å². The average Bonchev–Trinajstić information content (AvgIpc) is 2.81. The minimum atomic E-state index is -0.494. The zero-order valence-electron chi connectivity index (χ0n) is 12.2. The standard InChI is InChI=1S/C14H23F.C2H6/c1-9-4-5-10-8-11(15)6-7-14(10)12(9)13(14,2)3;1-2/h9-12H,4-8H2,1-3H3;1-2H3. The van der Waals surface area contributed by atoms with Gasteiger partial charge in [-0.1, -0.05) is 41.0 Å². The molecule has 17 heavy (non-hydrogen) atoms. The number of alkyl halides is 1. The third-order valence-corrected chi connectivity index (χ3v) is 6.13. The van der Waals surface area contributed by atoms with Crippen LogP contribution < -0.4 is 0 Å². The van der Waals surface area contributed by atoms with Crippen molar-refractivity contribution >= 4 is 0 Å². The molecule has 1 heteroatoms. The fraction of sp³-hybridized carbons (Fsp3) is 1.00. The second-order valence-corrected chi connectivity index (χ2v) is 6.86. The first kappa shape index (κ1) is 13.4. The van der Waals surface area contributed by atoms with Crippen molar-refractivity contribution in [2.45, 2.75) is 72.9 Å². The molecule has 3 rings (SSSR count). The maximum absolute atomic E-state index is 13.5. The molecule has 5 atom stereocenters. The molecule has 0 amide bonds. The predicted octanol–water partition coefficient (Wildman–Crippen LogP) is 5.22. The fourth-order valence-corrected chi connectivity index (χ4v) is 5.65. The van der Waals surface area contributed by atoms with Crippen molar-refractivity contribution in [2.75, 3.05) is 0 Å². The van der Waals surface area contributed by atoms with Gasteiger partial charge in [-0.25, -0.2) is 4.39 Å². The second kappa shape index (κ2) is 4.24. The van der Waals surface area contributed by atoms with Gasteiger partial charge in [0.15, 0.2) is 0 Å². The molecule has 0 aliphatic heterocycles. The van der Waals surface area contributed by atoms with Crippen LogP contribution in [0.5, 0.6) is 0 Å². The van der Waals surface area contributed by atoms with Gasteiger partial charge in [0.2, 0.25) is 0 Å². The molecule has 0 aromatic carbocycles. The average molecular weight is 240 g/mol. The van der Waals surface area contributed by atoms with Gasteiger partial charge in [0, 0.05) is 0 Å². The molecule has 0 nitrogen and oxygen atoms in total. The van der Waals surface area contributed by atoms with Crippen molar-refractivity contribution in [2.24, 2.45) is 28.6 Å². The number of hydrogen-bond acceptors (Lipinski definition) is 0. The summed E-state index contributed by atoms with van der Waals surface area (Å²) >= 11 is 0.